The van der Waals surface area contributed by atoms with Crippen LogP contribution in [0.2, 0.25) is 0 Å². The highest BCUT2D eigenvalue weighted by atomic mass is 16.5. The van der Waals surface area contributed by atoms with Crippen molar-refractivity contribution >= 4 is 5.91 Å². The number of carbonyl (C=O) groups is 1. The molecule has 0 aliphatic carbocycles. The van der Waals surface area contributed by atoms with Gasteiger partial charge in [-0.3, -0.25) is 4.79 Å². The Morgan fingerprint density at radius 1 is 1.64 bits per heavy atom. The van der Waals surface area contributed by atoms with Gasteiger partial charge in [-0.2, -0.15) is 0 Å². The van der Waals surface area contributed by atoms with Crippen molar-refractivity contribution in [2.45, 2.75) is 45.3 Å². The first kappa shape index (κ1) is 9.97. The van der Waals surface area contributed by atoms with Crippen molar-refractivity contribution in [2.75, 3.05) is 13.2 Å². The summed E-state index contributed by atoms with van der Waals surface area (Å²) in [5, 5.41) is 0. The first-order chi connectivity index (χ1) is 6.68. The molecule has 3 heteroatoms. The second-order valence-electron chi connectivity index (χ2n) is 4.49. The van der Waals surface area contributed by atoms with Crippen LogP contribution in [0, 0.1) is 5.92 Å². The highest BCUT2D eigenvalue weighted by molar-refractivity contribution is 5.80. The first-order valence-corrected chi connectivity index (χ1v) is 5.63. The average Bonchev–Trinajstić information content (AvgIpc) is 2.58. The van der Waals surface area contributed by atoms with E-state index in [0.29, 0.717) is 12.3 Å². The molecule has 2 aliphatic heterocycles. The normalized spacial score (nSPS) is 36.6. The van der Waals surface area contributed by atoms with Crippen molar-refractivity contribution < 1.29 is 9.53 Å². The third-order valence-electron chi connectivity index (χ3n) is 3.61. The minimum atomic E-state index is -0.272. The number of nitrogens with zero attached hydrogens (tertiary/aromatic N) is 1. The van der Waals surface area contributed by atoms with Crippen LogP contribution in [0.4, 0.5) is 0 Å². The van der Waals surface area contributed by atoms with Crippen molar-refractivity contribution in [3.8, 4) is 0 Å². The molecule has 14 heavy (non-hydrogen) atoms. The number of amides is 1. The van der Waals surface area contributed by atoms with Crippen LogP contribution in [0.1, 0.15) is 39.5 Å². The Hall–Kier alpha value is -0.570. The summed E-state index contributed by atoms with van der Waals surface area (Å²) in [5.41, 5.74) is -0.272. The fourth-order valence-electron chi connectivity index (χ4n) is 2.61. The second-order valence-corrected chi connectivity index (χ2v) is 4.49. The summed E-state index contributed by atoms with van der Waals surface area (Å²) in [5.74, 6) is 0.720. The predicted octanol–water partition coefficient (Wildman–Crippen LogP) is 1.77. The summed E-state index contributed by atoms with van der Waals surface area (Å²) in [4.78, 5) is 13.7. The van der Waals surface area contributed by atoms with Crippen molar-refractivity contribution in [1.82, 2.24) is 4.90 Å². The fraction of sp³-hybridized carbons (Fsp3) is 0.909. The van der Waals surface area contributed by atoms with Gasteiger partial charge in [0.1, 0.15) is 5.72 Å². The van der Waals surface area contributed by atoms with Crippen molar-refractivity contribution in [1.29, 1.82) is 0 Å². The Balaban J connectivity index is 2.09. The Kier molecular flexibility index (Phi) is 2.52. The van der Waals surface area contributed by atoms with E-state index < -0.39 is 0 Å². The third-order valence-corrected chi connectivity index (χ3v) is 3.61. The lowest BCUT2D eigenvalue weighted by atomic mass is 9.97. The molecule has 0 aromatic rings. The summed E-state index contributed by atoms with van der Waals surface area (Å²) >= 11 is 0. The minimum absolute atomic E-state index is 0.272. The van der Waals surface area contributed by atoms with Crippen LogP contribution in [-0.4, -0.2) is 29.7 Å². The second kappa shape index (κ2) is 3.54. The molecule has 0 aromatic heterocycles. The molecule has 3 nitrogen and oxygen atoms in total. The van der Waals surface area contributed by atoms with Gasteiger partial charge in [-0.05, 0) is 19.8 Å². The van der Waals surface area contributed by atoms with Crippen LogP contribution >= 0.6 is 0 Å². The molecule has 80 valence electrons. The number of likely N-dealkylation sites (tertiary alicyclic amines) is 1. The maximum Gasteiger partial charge on any atom is 0.225 e. The zero-order chi connectivity index (χ0) is 10.2. The standard InChI is InChI=1S/C11H19NO2/c1-3-4-6-12-10(13)8-9-5-7-14-11(9,12)2/h9H,3-8H2,1-2H3/t9-,11+/m0/s1. The Bertz CT molecular complexity index is 241. The van der Waals surface area contributed by atoms with Gasteiger partial charge in [0.2, 0.25) is 5.91 Å². The van der Waals surface area contributed by atoms with Crippen LogP contribution in [-0.2, 0) is 9.53 Å². The number of carbonyl (C=O) groups excluding carboxylic acids is 1. The summed E-state index contributed by atoms with van der Waals surface area (Å²) in [6.07, 6.45) is 3.95. The van der Waals surface area contributed by atoms with Gasteiger partial charge < -0.3 is 9.64 Å². The Morgan fingerprint density at radius 3 is 3.14 bits per heavy atom. The maximum absolute atomic E-state index is 11.7. The lowest BCUT2D eigenvalue weighted by Crippen LogP contribution is -2.46. The fourth-order valence-corrected chi connectivity index (χ4v) is 2.61. The van der Waals surface area contributed by atoms with Crippen molar-refractivity contribution in [2.24, 2.45) is 5.92 Å². The lowest BCUT2D eigenvalue weighted by molar-refractivity contribution is -0.148. The molecular weight excluding hydrogens is 178 g/mol. The molecule has 0 bridgehead atoms. The van der Waals surface area contributed by atoms with Crippen LogP contribution < -0.4 is 0 Å². The number of ether oxygens (including phenoxy) is 1. The van der Waals surface area contributed by atoms with Gasteiger partial charge in [0.15, 0.2) is 0 Å². The number of hydrogen-bond acceptors (Lipinski definition) is 2. The lowest BCUT2D eigenvalue weighted by Gasteiger charge is -2.34. The molecular formula is C11H19NO2. The molecule has 2 saturated heterocycles. The summed E-state index contributed by atoms with van der Waals surface area (Å²) < 4.78 is 5.75. The van der Waals surface area contributed by atoms with Crippen LogP contribution in [0.15, 0.2) is 0 Å². The molecule has 1 amide bonds. The zero-order valence-corrected chi connectivity index (χ0v) is 9.08. The van der Waals surface area contributed by atoms with E-state index in [4.69, 9.17) is 4.74 Å². The molecule has 2 fully saturated rings. The van der Waals surface area contributed by atoms with E-state index in [1.807, 2.05) is 4.90 Å². The monoisotopic (exact) mass is 197 g/mol. The number of fused-ring (bicyclic) bond motifs is 1. The Labute approximate surface area is 85.4 Å². The summed E-state index contributed by atoms with van der Waals surface area (Å²) in [6.45, 7) is 5.90. The van der Waals surface area contributed by atoms with Gasteiger partial charge in [-0.25, -0.2) is 0 Å². The maximum atomic E-state index is 11.7. The zero-order valence-electron chi connectivity index (χ0n) is 9.08. The van der Waals surface area contributed by atoms with Gasteiger partial charge in [0, 0.05) is 25.5 Å². The molecule has 2 aliphatic rings. The van der Waals surface area contributed by atoms with Gasteiger partial charge in [-0.1, -0.05) is 13.3 Å². The van der Waals surface area contributed by atoms with Gasteiger partial charge in [0.25, 0.3) is 0 Å². The quantitative estimate of drug-likeness (QED) is 0.690. The molecule has 0 radical (unpaired) electrons. The van der Waals surface area contributed by atoms with E-state index in [2.05, 4.69) is 13.8 Å². The van der Waals surface area contributed by atoms with Gasteiger partial charge in [0.05, 0.1) is 0 Å². The van der Waals surface area contributed by atoms with E-state index in [-0.39, 0.29) is 11.6 Å². The smallest absolute Gasteiger partial charge is 0.225 e. The first-order valence-electron chi connectivity index (χ1n) is 5.63. The number of hydrogen-bond donors (Lipinski definition) is 0. The largest absolute Gasteiger partial charge is 0.356 e. The molecule has 2 heterocycles. The molecule has 0 N–H and O–H groups in total. The van der Waals surface area contributed by atoms with Crippen molar-refractivity contribution in [3.63, 3.8) is 0 Å². The van der Waals surface area contributed by atoms with E-state index >= 15 is 0 Å². The van der Waals surface area contributed by atoms with Crippen molar-refractivity contribution in [3.05, 3.63) is 0 Å². The molecule has 0 saturated carbocycles. The van der Waals surface area contributed by atoms with E-state index in [1.54, 1.807) is 0 Å². The SMILES string of the molecule is CCCCN1C(=O)C[C@@H]2CCO[C@]21C. The van der Waals surface area contributed by atoms with E-state index in [1.165, 1.54) is 0 Å². The van der Waals surface area contributed by atoms with Crippen LogP contribution in [0.3, 0.4) is 0 Å². The molecule has 2 rings (SSSR count). The van der Waals surface area contributed by atoms with Crippen LogP contribution in [0.5, 0.6) is 0 Å². The Morgan fingerprint density at radius 2 is 2.43 bits per heavy atom. The van der Waals surface area contributed by atoms with Gasteiger partial charge >= 0.3 is 0 Å². The van der Waals surface area contributed by atoms with Crippen LogP contribution in [0.25, 0.3) is 0 Å². The van der Waals surface area contributed by atoms with E-state index in [9.17, 15) is 4.79 Å². The molecule has 2 atom stereocenters. The summed E-state index contributed by atoms with van der Waals surface area (Å²) in [6, 6.07) is 0. The number of rotatable bonds is 3. The predicted molar refractivity (Wildman–Crippen MR) is 53.7 cm³/mol. The number of unbranched alkanes of at least 4 members (excludes halogenated alkanes) is 1. The third kappa shape index (κ3) is 1.34. The highest BCUT2D eigenvalue weighted by Gasteiger charge is 2.52. The van der Waals surface area contributed by atoms with E-state index in [0.717, 1.165) is 32.4 Å². The van der Waals surface area contributed by atoms with Gasteiger partial charge in [-0.15, -0.1) is 0 Å². The molecule has 0 unspecified atom stereocenters. The summed E-state index contributed by atoms with van der Waals surface area (Å²) in [7, 11) is 0. The minimum Gasteiger partial charge on any atom is -0.356 e. The average molecular weight is 197 g/mol. The molecule has 0 spiro atoms. The highest BCUT2D eigenvalue weighted by Crippen LogP contribution is 2.43. The topological polar surface area (TPSA) is 29.5 Å². The molecule has 0 aromatic carbocycles.